The third kappa shape index (κ3) is 9.51. The normalized spacial score (nSPS) is 8.12. The lowest BCUT2D eigenvalue weighted by molar-refractivity contribution is 0.944. The number of aryl methyl sites for hydroxylation is 2. The molecular weight excluding hydrogens is 192 g/mol. The first-order valence-corrected chi connectivity index (χ1v) is 6.38. The van der Waals surface area contributed by atoms with Gasteiger partial charge in [0, 0.05) is 0 Å². The Kier molecular flexibility index (Phi) is 13.1. The molecule has 0 aliphatic carbocycles. The lowest BCUT2D eigenvalue weighted by Crippen LogP contribution is -1.86. The van der Waals surface area contributed by atoms with Crippen LogP contribution in [0.15, 0.2) is 36.4 Å². The summed E-state index contributed by atoms with van der Waals surface area (Å²) in [7, 11) is 0. The minimum Gasteiger partial charge on any atom is -0.100 e. The average molecular weight is 220 g/mol. The first-order chi connectivity index (χ1) is 7.68. The lowest BCUT2D eigenvalue weighted by atomic mass is 10.0. The van der Waals surface area contributed by atoms with E-state index in [0.717, 1.165) is 12.8 Å². The first kappa shape index (κ1) is 17.4. The molecular formula is C16H28. The van der Waals surface area contributed by atoms with E-state index in [1.54, 1.807) is 0 Å². The van der Waals surface area contributed by atoms with Crippen LogP contribution in [0.1, 0.15) is 52.2 Å². The third-order valence-corrected chi connectivity index (χ3v) is 1.92. The molecule has 0 N–H and O–H groups in total. The van der Waals surface area contributed by atoms with Crippen molar-refractivity contribution in [2.45, 2.75) is 54.4 Å². The van der Waals surface area contributed by atoms with E-state index in [-0.39, 0.29) is 0 Å². The molecule has 1 aromatic rings. The quantitative estimate of drug-likeness (QED) is 0.585. The highest BCUT2D eigenvalue weighted by molar-refractivity contribution is 5.22. The minimum absolute atomic E-state index is 1.10. The van der Waals surface area contributed by atoms with Gasteiger partial charge in [-0.2, -0.15) is 0 Å². The Hall–Kier alpha value is -1.04. The smallest absolute Gasteiger partial charge is 0.0242 e. The number of rotatable bonds is 3. The molecule has 0 heterocycles. The summed E-state index contributed by atoms with van der Waals surface area (Å²) in [6, 6.07) is 8.66. The summed E-state index contributed by atoms with van der Waals surface area (Å²) >= 11 is 0. The fourth-order valence-corrected chi connectivity index (χ4v) is 1.23. The van der Waals surface area contributed by atoms with Crippen molar-refractivity contribution in [3.8, 4) is 0 Å². The van der Waals surface area contributed by atoms with Crippen molar-refractivity contribution < 1.29 is 0 Å². The predicted octanol–water partition coefficient (Wildman–Crippen LogP) is 5.56. The molecule has 0 spiro atoms. The zero-order valence-electron chi connectivity index (χ0n) is 11.9. The maximum absolute atomic E-state index is 3.89. The van der Waals surface area contributed by atoms with Gasteiger partial charge in [0.1, 0.15) is 0 Å². The highest BCUT2D eigenvalue weighted by Gasteiger charge is 1.92. The molecule has 0 aliphatic rings. The molecule has 0 unspecified atom stereocenters. The highest BCUT2D eigenvalue weighted by Crippen LogP contribution is 2.09. The fourth-order valence-electron chi connectivity index (χ4n) is 1.23. The summed E-state index contributed by atoms with van der Waals surface area (Å²) in [6.07, 6.45) is 2.22. The van der Waals surface area contributed by atoms with Gasteiger partial charge >= 0.3 is 0 Å². The van der Waals surface area contributed by atoms with Crippen molar-refractivity contribution >= 4 is 0 Å². The van der Waals surface area contributed by atoms with Crippen molar-refractivity contribution in [2.24, 2.45) is 0 Å². The summed E-state index contributed by atoms with van der Waals surface area (Å²) in [5, 5.41) is 0. The molecule has 0 saturated carbocycles. The summed E-state index contributed by atoms with van der Waals surface area (Å²) < 4.78 is 0. The molecule has 0 radical (unpaired) electrons. The molecule has 0 bridgehead atoms. The van der Waals surface area contributed by atoms with Crippen LogP contribution in [0.25, 0.3) is 0 Å². The Bertz CT molecular complexity index is 271. The van der Waals surface area contributed by atoms with Crippen LogP contribution in [-0.2, 0) is 6.42 Å². The average Bonchev–Trinajstić information content (AvgIpc) is 2.32. The highest BCUT2D eigenvalue weighted by atomic mass is 14.0. The van der Waals surface area contributed by atoms with E-state index in [1.807, 2.05) is 27.7 Å². The van der Waals surface area contributed by atoms with Crippen LogP contribution in [-0.4, -0.2) is 0 Å². The van der Waals surface area contributed by atoms with Crippen molar-refractivity contribution in [1.29, 1.82) is 0 Å². The molecule has 1 aromatic carbocycles. The molecule has 92 valence electrons. The van der Waals surface area contributed by atoms with Crippen LogP contribution in [0.3, 0.4) is 0 Å². The van der Waals surface area contributed by atoms with E-state index in [1.165, 1.54) is 16.7 Å². The van der Waals surface area contributed by atoms with Crippen molar-refractivity contribution in [3.63, 3.8) is 0 Å². The van der Waals surface area contributed by atoms with Gasteiger partial charge in [-0.05, 0) is 32.3 Å². The van der Waals surface area contributed by atoms with Gasteiger partial charge in [-0.25, -0.2) is 0 Å². The van der Waals surface area contributed by atoms with Crippen molar-refractivity contribution in [1.82, 2.24) is 0 Å². The third-order valence-electron chi connectivity index (χ3n) is 1.92. The number of allylic oxidation sites excluding steroid dienone is 1. The van der Waals surface area contributed by atoms with E-state index < -0.39 is 0 Å². The van der Waals surface area contributed by atoms with Gasteiger partial charge in [-0.3, -0.25) is 0 Å². The number of benzene rings is 1. The summed E-state index contributed by atoms with van der Waals surface area (Å²) in [5.74, 6) is 0. The van der Waals surface area contributed by atoms with Gasteiger partial charge in [0.15, 0.2) is 0 Å². The molecule has 0 aliphatic heterocycles. The second kappa shape index (κ2) is 12.0. The van der Waals surface area contributed by atoms with E-state index in [9.17, 15) is 0 Å². The largest absolute Gasteiger partial charge is 0.100 e. The Morgan fingerprint density at radius 1 is 1.12 bits per heavy atom. The van der Waals surface area contributed by atoms with Crippen LogP contribution in [0.2, 0.25) is 0 Å². The molecule has 0 heteroatoms. The van der Waals surface area contributed by atoms with Crippen LogP contribution in [0, 0.1) is 6.92 Å². The molecule has 0 fully saturated rings. The fraction of sp³-hybridized carbons (Fsp3) is 0.500. The van der Waals surface area contributed by atoms with Gasteiger partial charge in [0.2, 0.25) is 0 Å². The predicted molar refractivity (Wildman–Crippen MR) is 77.0 cm³/mol. The summed E-state index contributed by atoms with van der Waals surface area (Å²) in [6.45, 7) is 16.1. The van der Waals surface area contributed by atoms with Gasteiger partial charge in [-0.15, -0.1) is 6.58 Å². The lowest BCUT2D eigenvalue weighted by Gasteiger charge is -2.01. The van der Waals surface area contributed by atoms with Gasteiger partial charge < -0.3 is 0 Å². The van der Waals surface area contributed by atoms with E-state index in [2.05, 4.69) is 44.7 Å². The van der Waals surface area contributed by atoms with Crippen LogP contribution in [0.4, 0.5) is 0 Å². The van der Waals surface area contributed by atoms with Crippen molar-refractivity contribution in [2.75, 3.05) is 0 Å². The van der Waals surface area contributed by atoms with E-state index >= 15 is 0 Å². The molecule has 0 aromatic heterocycles. The molecule has 16 heavy (non-hydrogen) atoms. The van der Waals surface area contributed by atoms with Crippen LogP contribution < -0.4 is 0 Å². The Morgan fingerprint density at radius 2 is 1.69 bits per heavy atom. The standard InChI is InChI=1S/C12H16.2C2H6/c1-10(2)7-8-12-6-4-5-11(3)9-12;2*1-2/h4-6,9H,1,7-8H2,2-3H3;2*1-2H3. The zero-order chi connectivity index (χ0) is 13.0. The summed E-state index contributed by atoms with van der Waals surface area (Å²) in [4.78, 5) is 0. The molecule has 0 atom stereocenters. The molecule has 0 saturated heterocycles. The number of hydrogen-bond acceptors (Lipinski definition) is 0. The first-order valence-electron chi connectivity index (χ1n) is 6.38. The van der Waals surface area contributed by atoms with Crippen LogP contribution >= 0.6 is 0 Å². The Balaban J connectivity index is 0. The second-order valence-corrected chi connectivity index (χ2v) is 3.45. The summed E-state index contributed by atoms with van der Waals surface area (Å²) in [5.41, 5.74) is 4.02. The SMILES string of the molecule is C=C(C)CCc1cccc(C)c1.CC.CC. The van der Waals surface area contributed by atoms with E-state index in [4.69, 9.17) is 0 Å². The molecule has 1 rings (SSSR count). The van der Waals surface area contributed by atoms with Crippen molar-refractivity contribution in [3.05, 3.63) is 47.5 Å². The van der Waals surface area contributed by atoms with Gasteiger partial charge in [-0.1, -0.05) is 63.1 Å². The maximum atomic E-state index is 3.89. The number of hydrogen-bond donors (Lipinski definition) is 0. The zero-order valence-corrected chi connectivity index (χ0v) is 11.9. The van der Waals surface area contributed by atoms with Gasteiger partial charge in [0.05, 0.1) is 0 Å². The maximum Gasteiger partial charge on any atom is -0.0242 e. The second-order valence-electron chi connectivity index (χ2n) is 3.45. The molecule has 0 amide bonds. The Morgan fingerprint density at radius 3 is 2.12 bits per heavy atom. The monoisotopic (exact) mass is 220 g/mol. The molecule has 0 nitrogen and oxygen atoms in total. The van der Waals surface area contributed by atoms with Gasteiger partial charge in [0.25, 0.3) is 0 Å². The topological polar surface area (TPSA) is 0 Å². The van der Waals surface area contributed by atoms with Crippen LogP contribution in [0.5, 0.6) is 0 Å². The minimum atomic E-state index is 1.10. The van der Waals surface area contributed by atoms with E-state index in [0.29, 0.717) is 0 Å². The Labute approximate surface area is 102 Å².